The summed E-state index contributed by atoms with van der Waals surface area (Å²) in [5.41, 5.74) is 0. The normalized spacial score (nSPS) is 18.8. The molecule has 0 aromatic heterocycles. The Morgan fingerprint density at radius 1 is 1.11 bits per heavy atom. The van der Waals surface area contributed by atoms with Crippen molar-refractivity contribution in [2.75, 3.05) is 0 Å². The Kier molecular flexibility index (Phi) is 4.17. The first-order valence-corrected chi connectivity index (χ1v) is 7.76. The minimum absolute atomic E-state index is 0.0227. The number of sulfone groups is 1. The summed E-state index contributed by atoms with van der Waals surface area (Å²) in [7, 11) is -3.94. The van der Waals surface area contributed by atoms with Crippen molar-refractivity contribution in [3.8, 4) is 0 Å². The minimum Gasteiger partial charge on any atom is -0.216 e. The number of hydrogen-bond acceptors (Lipinski definition) is 2. The second-order valence-electron chi connectivity index (χ2n) is 4.69. The van der Waals surface area contributed by atoms with E-state index in [1.807, 2.05) is 0 Å². The van der Waals surface area contributed by atoms with Crippen LogP contribution in [-0.2, 0) is 9.84 Å². The lowest BCUT2D eigenvalue weighted by molar-refractivity contribution is 0.414. The predicted octanol–water partition coefficient (Wildman–Crippen LogP) is 3.85. The lowest BCUT2D eigenvalue weighted by Crippen LogP contribution is -2.07. The van der Waals surface area contributed by atoms with Gasteiger partial charge in [0.2, 0.25) is 15.0 Å². The number of halogens is 1. The summed E-state index contributed by atoms with van der Waals surface area (Å²) in [6.45, 7) is 0. The van der Waals surface area contributed by atoms with E-state index < -0.39 is 15.0 Å². The zero-order valence-electron chi connectivity index (χ0n) is 10.2. The van der Waals surface area contributed by atoms with Gasteiger partial charge in [-0.2, -0.15) is 4.39 Å². The molecule has 18 heavy (non-hydrogen) atoms. The van der Waals surface area contributed by atoms with Crippen LogP contribution in [0, 0.1) is 5.92 Å². The van der Waals surface area contributed by atoms with E-state index in [1.165, 1.54) is 18.2 Å². The van der Waals surface area contributed by atoms with Gasteiger partial charge in [-0.15, -0.1) is 0 Å². The SMILES string of the molecule is O=S(=O)(/C(F)=C/C1CCCCC1)c1ccccc1. The van der Waals surface area contributed by atoms with E-state index >= 15 is 0 Å². The minimum atomic E-state index is -3.94. The third-order valence-corrected chi connectivity index (χ3v) is 4.87. The summed E-state index contributed by atoms with van der Waals surface area (Å²) in [4.78, 5) is 0.0227. The monoisotopic (exact) mass is 268 g/mol. The van der Waals surface area contributed by atoms with Gasteiger partial charge in [-0.3, -0.25) is 0 Å². The van der Waals surface area contributed by atoms with Gasteiger partial charge in [-0.25, -0.2) is 8.42 Å². The summed E-state index contributed by atoms with van der Waals surface area (Å²) in [5.74, 6) is 0.0669. The first-order valence-electron chi connectivity index (χ1n) is 6.28. The molecule has 0 radical (unpaired) electrons. The van der Waals surface area contributed by atoms with Gasteiger partial charge in [0.1, 0.15) is 0 Å². The fourth-order valence-electron chi connectivity index (χ4n) is 2.29. The van der Waals surface area contributed by atoms with Crippen molar-refractivity contribution in [1.82, 2.24) is 0 Å². The van der Waals surface area contributed by atoms with E-state index in [0.717, 1.165) is 32.1 Å². The molecule has 1 aromatic rings. The Bertz CT molecular complexity index is 514. The Morgan fingerprint density at radius 3 is 2.33 bits per heavy atom. The van der Waals surface area contributed by atoms with E-state index in [0.29, 0.717) is 0 Å². The van der Waals surface area contributed by atoms with E-state index in [4.69, 9.17) is 0 Å². The molecule has 1 aromatic carbocycles. The van der Waals surface area contributed by atoms with Crippen LogP contribution in [0.4, 0.5) is 4.39 Å². The van der Waals surface area contributed by atoms with Crippen LogP contribution in [0.5, 0.6) is 0 Å². The average Bonchev–Trinajstić information content (AvgIpc) is 2.41. The Balaban J connectivity index is 2.22. The fraction of sp³-hybridized carbons (Fsp3) is 0.429. The average molecular weight is 268 g/mol. The highest BCUT2D eigenvalue weighted by atomic mass is 32.2. The quantitative estimate of drug-likeness (QED) is 0.834. The van der Waals surface area contributed by atoms with Gasteiger partial charge in [0.15, 0.2) is 0 Å². The van der Waals surface area contributed by atoms with Crippen molar-refractivity contribution in [3.63, 3.8) is 0 Å². The number of benzene rings is 1. The first kappa shape index (κ1) is 13.3. The second kappa shape index (κ2) is 5.65. The molecule has 0 heterocycles. The summed E-state index contributed by atoms with van der Waals surface area (Å²) in [6, 6.07) is 7.75. The van der Waals surface area contributed by atoms with Crippen molar-refractivity contribution < 1.29 is 12.8 Å². The molecule has 1 aliphatic carbocycles. The van der Waals surface area contributed by atoms with Crippen molar-refractivity contribution in [3.05, 3.63) is 41.6 Å². The van der Waals surface area contributed by atoms with Gasteiger partial charge < -0.3 is 0 Å². The molecule has 4 heteroatoms. The molecule has 0 atom stereocenters. The maximum Gasteiger partial charge on any atom is 0.232 e. The first-order chi connectivity index (χ1) is 8.60. The molecular weight excluding hydrogens is 251 g/mol. The van der Waals surface area contributed by atoms with E-state index in [1.54, 1.807) is 18.2 Å². The van der Waals surface area contributed by atoms with E-state index in [2.05, 4.69) is 0 Å². The molecule has 2 rings (SSSR count). The summed E-state index contributed by atoms with van der Waals surface area (Å²) < 4.78 is 37.8. The van der Waals surface area contributed by atoms with Crippen molar-refractivity contribution in [2.45, 2.75) is 37.0 Å². The molecule has 1 saturated carbocycles. The summed E-state index contributed by atoms with van der Waals surface area (Å²) in [6.07, 6.45) is 6.34. The van der Waals surface area contributed by atoms with Crippen LogP contribution >= 0.6 is 0 Å². The Morgan fingerprint density at radius 2 is 1.72 bits per heavy atom. The van der Waals surface area contributed by atoms with Crippen LogP contribution in [0.25, 0.3) is 0 Å². The van der Waals surface area contributed by atoms with Crippen LogP contribution in [0.1, 0.15) is 32.1 Å². The third-order valence-electron chi connectivity index (χ3n) is 3.33. The number of allylic oxidation sites excluding steroid dienone is 1. The highest BCUT2D eigenvalue weighted by Gasteiger charge is 2.22. The predicted molar refractivity (Wildman–Crippen MR) is 69.4 cm³/mol. The smallest absolute Gasteiger partial charge is 0.216 e. The number of hydrogen-bond donors (Lipinski definition) is 0. The molecule has 0 saturated heterocycles. The molecule has 0 bridgehead atoms. The Hall–Kier alpha value is -1.16. The molecular formula is C14H17FO2S. The lowest BCUT2D eigenvalue weighted by atomic mass is 9.89. The summed E-state index contributed by atoms with van der Waals surface area (Å²) >= 11 is 0. The molecule has 98 valence electrons. The highest BCUT2D eigenvalue weighted by molar-refractivity contribution is 7.95. The molecule has 0 unspecified atom stereocenters. The maximum absolute atomic E-state index is 13.9. The van der Waals surface area contributed by atoms with Gasteiger partial charge in [-0.1, -0.05) is 37.5 Å². The van der Waals surface area contributed by atoms with Crippen LogP contribution in [0.15, 0.2) is 46.5 Å². The van der Waals surface area contributed by atoms with Crippen LogP contribution in [0.2, 0.25) is 0 Å². The van der Waals surface area contributed by atoms with Crippen molar-refractivity contribution in [2.24, 2.45) is 5.92 Å². The third kappa shape index (κ3) is 2.99. The molecule has 1 fully saturated rings. The highest BCUT2D eigenvalue weighted by Crippen LogP contribution is 2.28. The van der Waals surface area contributed by atoms with E-state index in [9.17, 15) is 12.8 Å². The maximum atomic E-state index is 13.9. The largest absolute Gasteiger partial charge is 0.232 e. The second-order valence-corrected chi connectivity index (χ2v) is 6.55. The molecule has 0 spiro atoms. The van der Waals surface area contributed by atoms with Crippen LogP contribution in [0.3, 0.4) is 0 Å². The van der Waals surface area contributed by atoms with Crippen molar-refractivity contribution >= 4 is 9.84 Å². The van der Waals surface area contributed by atoms with Gasteiger partial charge in [-0.05, 0) is 37.0 Å². The summed E-state index contributed by atoms with van der Waals surface area (Å²) in [5, 5.41) is -0.999. The lowest BCUT2D eigenvalue weighted by Gasteiger charge is -2.18. The van der Waals surface area contributed by atoms with Crippen LogP contribution in [-0.4, -0.2) is 8.42 Å². The molecule has 2 nitrogen and oxygen atoms in total. The van der Waals surface area contributed by atoms with Crippen molar-refractivity contribution in [1.29, 1.82) is 0 Å². The fourth-order valence-corrected chi connectivity index (χ4v) is 3.40. The van der Waals surface area contributed by atoms with E-state index in [-0.39, 0.29) is 10.8 Å². The topological polar surface area (TPSA) is 34.1 Å². The molecule has 0 N–H and O–H groups in total. The van der Waals surface area contributed by atoms with Gasteiger partial charge in [0.05, 0.1) is 4.90 Å². The molecule has 1 aliphatic rings. The molecule has 0 aliphatic heterocycles. The zero-order chi connectivity index (χ0) is 13.0. The standard InChI is InChI=1S/C14H17FO2S/c15-14(11-12-7-3-1-4-8-12)18(16,17)13-9-5-2-6-10-13/h2,5-6,9-12H,1,3-4,7-8H2/b14-11+. The zero-order valence-corrected chi connectivity index (χ0v) is 11.0. The van der Waals surface area contributed by atoms with Gasteiger partial charge in [0, 0.05) is 0 Å². The van der Waals surface area contributed by atoms with Crippen LogP contribution < -0.4 is 0 Å². The number of rotatable bonds is 3. The Labute approximate surface area is 107 Å². The molecule has 0 amide bonds. The van der Waals surface area contributed by atoms with Gasteiger partial charge in [0.25, 0.3) is 0 Å². The van der Waals surface area contributed by atoms with Gasteiger partial charge >= 0.3 is 0 Å².